The molecule has 0 unspecified atom stereocenters. The van der Waals surface area contributed by atoms with Gasteiger partial charge in [-0.1, -0.05) is 30.3 Å². The van der Waals surface area contributed by atoms with E-state index in [1.165, 1.54) is 0 Å². The summed E-state index contributed by atoms with van der Waals surface area (Å²) in [6.45, 7) is 3.24. The number of nitrogens with zero attached hydrogens (tertiary/aromatic N) is 2. The number of Topliss-reactive ketones (excluding diaryl/α,β-unsaturated/α-hetero) is 1. The van der Waals surface area contributed by atoms with E-state index in [0.717, 1.165) is 6.26 Å². The zero-order valence-electron chi connectivity index (χ0n) is 16.6. The Morgan fingerprint density at radius 2 is 1.83 bits per heavy atom. The third-order valence-corrected chi connectivity index (χ3v) is 5.32. The SMILES string of the molecule is CC(C)OC(=O)[C@H](CCC(=O)C=[N+]=[N-])NC(=O)[C@H](Cc1ccccc1)S(C)(=O)=O. The molecule has 0 aliphatic carbocycles. The van der Waals surface area contributed by atoms with Crippen LogP contribution >= 0.6 is 0 Å². The minimum absolute atomic E-state index is 0.0619. The van der Waals surface area contributed by atoms with E-state index < -0.39 is 44.9 Å². The van der Waals surface area contributed by atoms with Gasteiger partial charge in [0.15, 0.2) is 9.84 Å². The first-order valence-electron chi connectivity index (χ1n) is 8.98. The topological polar surface area (TPSA) is 143 Å². The van der Waals surface area contributed by atoms with Crippen molar-refractivity contribution in [3.8, 4) is 0 Å². The first-order chi connectivity index (χ1) is 13.5. The Kier molecular flexibility index (Phi) is 9.37. The van der Waals surface area contributed by atoms with E-state index in [-0.39, 0.29) is 19.3 Å². The highest BCUT2D eigenvalue weighted by molar-refractivity contribution is 7.92. The van der Waals surface area contributed by atoms with Crippen molar-refractivity contribution in [2.75, 3.05) is 6.26 Å². The molecule has 1 aromatic carbocycles. The van der Waals surface area contributed by atoms with Gasteiger partial charge in [-0.05, 0) is 32.3 Å². The molecule has 9 nitrogen and oxygen atoms in total. The number of ketones is 1. The second kappa shape index (κ2) is 11.2. The van der Waals surface area contributed by atoms with E-state index in [1.54, 1.807) is 44.2 Å². The first-order valence-corrected chi connectivity index (χ1v) is 10.9. The first kappa shape index (κ1) is 24.2. The smallest absolute Gasteiger partial charge is 0.328 e. The van der Waals surface area contributed by atoms with Crippen LogP contribution in [-0.2, 0) is 35.4 Å². The van der Waals surface area contributed by atoms with Crippen molar-refractivity contribution in [1.82, 2.24) is 5.32 Å². The molecule has 1 amide bonds. The van der Waals surface area contributed by atoms with E-state index in [1.807, 2.05) is 0 Å². The molecule has 1 rings (SSSR count). The van der Waals surface area contributed by atoms with Crippen molar-refractivity contribution < 1.29 is 32.3 Å². The van der Waals surface area contributed by atoms with Gasteiger partial charge in [-0.2, -0.15) is 4.79 Å². The number of sulfone groups is 1. The van der Waals surface area contributed by atoms with Crippen LogP contribution in [0.4, 0.5) is 0 Å². The highest BCUT2D eigenvalue weighted by Gasteiger charge is 2.33. The van der Waals surface area contributed by atoms with Crippen LogP contribution in [0.1, 0.15) is 32.3 Å². The van der Waals surface area contributed by atoms with Gasteiger partial charge in [-0.25, -0.2) is 13.2 Å². The third-order valence-electron chi connectivity index (χ3n) is 3.91. The highest BCUT2D eigenvalue weighted by atomic mass is 32.2. The van der Waals surface area contributed by atoms with E-state index in [9.17, 15) is 22.8 Å². The van der Waals surface area contributed by atoms with Gasteiger partial charge in [-0.15, -0.1) is 0 Å². The lowest BCUT2D eigenvalue weighted by molar-refractivity contribution is -0.151. The number of benzene rings is 1. The average Bonchev–Trinajstić information content (AvgIpc) is 2.62. The Balaban J connectivity index is 3.01. The van der Waals surface area contributed by atoms with Gasteiger partial charge in [0.25, 0.3) is 0 Å². The van der Waals surface area contributed by atoms with E-state index >= 15 is 0 Å². The zero-order chi connectivity index (χ0) is 22.0. The molecule has 0 saturated carbocycles. The Morgan fingerprint density at radius 3 is 2.34 bits per heavy atom. The van der Waals surface area contributed by atoms with Crippen LogP contribution in [0.15, 0.2) is 30.3 Å². The van der Waals surface area contributed by atoms with E-state index in [4.69, 9.17) is 10.3 Å². The summed E-state index contributed by atoms with van der Waals surface area (Å²) in [5.74, 6) is -2.20. The Morgan fingerprint density at radius 1 is 1.21 bits per heavy atom. The molecule has 0 saturated heterocycles. The second-order valence-corrected chi connectivity index (χ2v) is 9.03. The largest absolute Gasteiger partial charge is 0.461 e. The maximum atomic E-state index is 12.7. The van der Waals surface area contributed by atoms with Gasteiger partial charge < -0.3 is 15.6 Å². The summed E-state index contributed by atoms with van der Waals surface area (Å²) >= 11 is 0. The fourth-order valence-corrected chi connectivity index (χ4v) is 3.46. The molecule has 0 heterocycles. The molecule has 0 aliphatic heterocycles. The summed E-state index contributed by atoms with van der Waals surface area (Å²) < 4.78 is 29.5. The van der Waals surface area contributed by atoms with Crippen molar-refractivity contribution in [2.45, 2.75) is 50.5 Å². The summed E-state index contributed by atoms with van der Waals surface area (Å²) in [6, 6.07) is 7.39. The van der Waals surface area contributed by atoms with Crippen molar-refractivity contribution >= 4 is 33.7 Å². The minimum atomic E-state index is -3.78. The number of rotatable bonds is 11. The maximum absolute atomic E-state index is 12.7. The number of nitrogens with one attached hydrogen (secondary N) is 1. The maximum Gasteiger partial charge on any atom is 0.328 e. The Labute approximate surface area is 170 Å². The molecule has 158 valence electrons. The van der Waals surface area contributed by atoms with Gasteiger partial charge in [0, 0.05) is 12.7 Å². The molecule has 0 bridgehead atoms. The molecular formula is C19H25N3O6S. The quantitative estimate of drug-likeness (QED) is 0.240. The number of hydrogen-bond acceptors (Lipinski definition) is 6. The summed E-state index contributed by atoms with van der Waals surface area (Å²) in [6.07, 6.45) is 0.762. The van der Waals surface area contributed by atoms with Crippen LogP contribution in [0.5, 0.6) is 0 Å². The molecule has 0 radical (unpaired) electrons. The normalized spacial score (nSPS) is 13.1. The van der Waals surface area contributed by atoms with Crippen LogP contribution in [0, 0.1) is 0 Å². The summed E-state index contributed by atoms with van der Waals surface area (Å²) in [5, 5.41) is 0.986. The zero-order valence-corrected chi connectivity index (χ0v) is 17.4. The molecule has 0 spiro atoms. The summed E-state index contributed by atoms with van der Waals surface area (Å²) in [7, 11) is -3.78. The third kappa shape index (κ3) is 8.80. The lowest BCUT2D eigenvalue weighted by Gasteiger charge is -2.22. The number of esters is 1. The Bertz CT molecular complexity index is 876. The van der Waals surface area contributed by atoms with Gasteiger partial charge in [0.1, 0.15) is 11.3 Å². The minimum Gasteiger partial charge on any atom is -0.461 e. The molecule has 29 heavy (non-hydrogen) atoms. The fraction of sp³-hybridized carbons (Fsp3) is 0.474. The van der Waals surface area contributed by atoms with Crippen LogP contribution in [0.2, 0.25) is 0 Å². The van der Waals surface area contributed by atoms with E-state index in [2.05, 4.69) is 10.1 Å². The second-order valence-electron chi connectivity index (χ2n) is 6.80. The number of carbonyl (C=O) groups is 3. The fourth-order valence-electron chi connectivity index (χ4n) is 2.51. The molecule has 0 aliphatic rings. The van der Waals surface area contributed by atoms with Crippen molar-refractivity contribution in [2.24, 2.45) is 0 Å². The van der Waals surface area contributed by atoms with E-state index in [0.29, 0.717) is 11.8 Å². The van der Waals surface area contributed by atoms with Gasteiger partial charge in [-0.3, -0.25) is 9.59 Å². The molecule has 2 atom stereocenters. The van der Waals surface area contributed by atoms with Crippen molar-refractivity contribution in [3.05, 3.63) is 41.4 Å². The van der Waals surface area contributed by atoms with Crippen molar-refractivity contribution in [1.29, 1.82) is 0 Å². The van der Waals surface area contributed by atoms with Gasteiger partial charge in [0.2, 0.25) is 11.7 Å². The number of amides is 1. The lowest BCUT2D eigenvalue weighted by atomic mass is 10.1. The van der Waals surface area contributed by atoms with Crippen LogP contribution < -0.4 is 5.32 Å². The van der Waals surface area contributed by atoms with Gasteiger partial charge in [0.05, 0.1) is 6.10 Å². The van der Waals surface area contributed by atoms with Gasteiger partial charge >= 0.3 is 12.2 Å². The highest BCUT2D eigenvalue weighted by Crippen LogP contribution is 2.12. The standard InChI is InChI=1S/C19H25N3O6S/c1-13(2)28-19(25)16(10-9-15(23)12-21-20)22-18(24)17(29(3,26)27)11-14-7-5-4-6-8-14/h4-8,12-13,16-17H,9-11H2,1-3H3,(H,22,24)/t16-,17-/m0/s1. The number of ether oxygens (including phenoxy) is 1. The van der Waals surface area contributed by atoms with Crippen LogP contribution in [0.3, 0.4) is 0 Å². The predicted octanol–water partition coefficient (Wildman–Crippen LogP) is 0.729. The number of hydrogen-bond donors (Lipinski definition) is 1. The molecule has 1 aromatic rings. The molecule has 10 heteroatoms. The molecule has 1 N–H and O–H groups in total. The predicted molar refractivity (Wildman–Crippen MR) is 106 cm³/mol. The average molecular weight is 423 g/mol. The molecular weight excluding hydrogens is 398 g/mol. The molecule has 0 fully saturated rings. The summed E-state index contributed by atoms with van der Waals surface area (Å²) in [4.78, 5) is 39.2. The monoisotopic (exact) mass is 423 g/mol. The van der Waals surface area contributed by atoms with Crippen LogP contribution in [-0.4, -0.2) is 60.7 Å². The summed E-state index contributed by atoms with van der Waals surface area (Å²) in [5.41, 5.74) is 9.05. The van der Waals surface area contributed by atoms with Crippen molar-refractivity contribution in [3.63, 3.8) is 0 Å². The number of carbonyl (C=O) groups excluding carboxylic acids is 3. The van der Waals surface area contributed by atoms with Crippen LogP contribution in [0.25, 0.3) is 5.53 Å². The lowest BCUT2D eigenvalue weighted by Crippen LogP contribution is -2.49. The molecule has 0 aromatic heterocycles. The Hall–Kier alpha value is -2.84.